The van der Waals surface area contributed by atoms with Gasteiger partial charge in [-0.3, -0.25) is 0 Å². The Bertz CT molecular complexity index is 991. The fourth-order valence-corrected chi connectivity index (χ4v) is 3.41. The Labute approximate surface area is 179 Å². The molecule has 0 fully saturated rings. The Hall–Kier alpha value is -2.75. The molecule has 1 N–H and O–H groups in total. The van der Waals surface area contributed by atoms with E-state index in [1.807, 2.05) is 6.92 Å². The van der Waals surface area contributed by atoms with Gasteiger partial charge in [0.2, 0.25) is 0 Å². The van der Waals surface area contributed by atoms with Crippen LogP contribution in [-0.2, 0) is 9.84 Å². The number of amides is 2. The van der Waals surface area contributed by atoms with Crippen LogP contribution in [-0.4, -0.2) is 45.4 Å². The first-order valence-electron chi connectivity index (χ1n) is 9.41. The number of nitrogens with one attached hydrogen (secondary N) is 1. The zero-order valence-corrected chi connectivity index (χ0v) is 18.4. The molecule has 0 saturated carbocycles. The van der Waals surface area contributed by atoms with Gasteiger partial charge in [0.1, 0.15) is 5.75 Å². The number of benzene rings is 2. The summed E-state index contributed by atoms with van der Waals surface area (Å²) in [6.45, 7) is 2.20. The summed E-state index contributed by atoms with van der Waals surface area (Å²) in [5.41, 5.74) is 1.47. The number of nitrogens with zero attached hydrogens (tertiary/aromatic N) is 1. The van der Waals surface area contributed by atoms with E-state index in [1.165, 1.54) is 29.2 Å². The van der Waals surface area contributed by atoms with E-state index in [4.69, 9.17) is 0 Å². The molecule has 2 atom stereocenters. The van der Waals surface area contributed by atoms with Crippen molar-refractivity contribution in [3.63, 3.8) is 0 Å². The summed E-state index contributed by atoms with van der Waals surface area (Å²) in [6, 6.07) is 11.2. The first-order chi connectivity index (χ1) is 14.3. The van der Waals surface area contributed by atoms with Crippen LogP contribution in [0.25, 0.3) is 0 Å². The van der Waals surface area contributed by atoms with Crippen LogP contribution in [0.5, 0.6) is 5.75 Å². The fourth-order valence-electron chi connectivity index (χ4n) is 2.78. The van der Waals surface area contributed by atoms with Crippen LogP contribution < -0.4 is 10.1 Å². The first-order valence-corrected chi connectivity index (χ1v) is 11.3. The summed E-state index contributed by atoms with van der Waals surface area (Å²) in [6.07, 6.45) is -3.28. The molecule has 0 aliphatic rings. The summed E-state index contributed by atoms with van der Waals surface area (Å²) in [5, 5.41) is 2.83. The second-order valence-electron chi connectivity index (χ2n) is 7.27. The van der Waals surface area contributed by atoms with Crippen molar-refractivity contribution in [2.24, 2.45) is 0 Å². The van der Waals surface area contributed by atoms with E-state index in [0.29, 0.717) is 5.56 Å². The number of hydrogen-bond acceptors (Lipinski definition) is 4. The minimum absolute atomic E-state index is 0.0860. The minimum Gasteiger partial charge on any atom is -0.484 e. The van der Waals surface area contributed by atoms with Gasteiger partial charge in [-0.15, -0.1) is 0 Å². The average molecular weight is 459 g/mol. The number of rotatable bonds is 7. The monoisotopic (exact) mass is 458 g/mol. The van der Waals surface area contributed by atoms with E-state index in [1.54, 1.807) is 38.2 Å². The molecule has 31 heavy (non-hydrogen) atoms. The van der Waals surface area contributed by atoms with Gasteiger partial charge in [-0.25, -0.2) is 13.2 Å². The number of sulfone groups is 1. The van der Waals surface area contributed by atoms with E-state index < -0.39 is 28.7 Å². The van der Waals surface area contributed by atoms with E-state index in [9.17, 15) is 26.4 Å². The summed E-state index contributed by atoms with van der Waals surface area (Å²) in [4.78, 5) is 14.3. The highest BCUT2D eigenvalue weighted by Crippen LogP contribution is 2.23. The van der Waals surface area contributed by atoms with Crippen LogP contribution in [0.4, 0.5) is 18.0 Å². The van der Waals surface area contributed by atoms with Gasteiger partial charge in [0.15, 0.2) is 16.4 Å². The predicted molar refractivity (Wildman–Crippen MR) is 111 cm³/mol. The second kappa shape index (κ2) is 9.59. The van der Waals surface area contributed by atoms with Crippen LogP contribution in [0.1, 0.15) is 37.1 Å². The number of hydrogen-bond donors (Lipinski definition) is 1. The third kappa shape index (κ3) is 7.16. The smallest absolute Gasteiger partial charge is 0.422 e. The Balaban J connectivity index is 1.98. The highest BCUT2D eigenvalue weighted by Gasteiger charge is 2.28. The summed E-state index contributed by atoms with van der Waals surface area (Å²) < 4.78 is 64.5. The van der Waals surface area contributed by atoms with Gasteiger partial charge in [-0.2, -0.15) is 13.2 Å². The lowest BCUT2D eigenvalue weighted by atomic mass is 10.1. The number of carbonyl (C=O) groups is 1. The largest absolute Gasteiger partial charge is 0.484 e. The molecule has 0 aliphatic heterocycles. The Kier molecular flexibility index (Phi) is 7.58. The van der Waals surface area contributed by atoms with Gasteiger partial charge in [0.25, 0.3) is 0 Å². The van der Waals surface area contributed by atoms with E-state index in [2.05, 4.69) is 10.1 Å². The standard InChI is InChI=1S/C21H25F3N2O4S/c1-14(16-5-9-18(10-6-16)30-13-21(22,23)24)25-20(27)26(3)15(2)17-7-11-19(12-8-17)31(4,28)29/h5-12,14-15H,13H2,1-4H3,(H,25,27). The maximum Gasteiger partial charge on any atom is 0.422 e. The molecular formula is C21H25F3N2O4S. The van der Waals surface area contributed by atoms with Crippen molar-refractivity contribution in [1.29, 1.82) is 0 Å². The van der Waals surface area contributed by atoms with Crippen LogP contribution in [0, 0.1) is 0 Å². The maximum absolute atomic E-state index is 12.6. The van der Waals surface area contributed by atoms with Crippen LogP contribution in [0.2, 0.25) is 0 Å². The molecule has 2 rings (SSSR count). The minimum atomic E-state index is -4.41. The Morgan fingerprint density at radius 3 is 2.03 bits per heavy atom. The van der Waals surface area contributed by atoms with Crippen molar-refractivity contribution < 1.29 is 31.1 Å². The quantitative estimate of drug-likeness (QED) is 0.663. The number of halogens is 3. The predicted octanol–water partition coefficient (Wildman–Crippen LogP) is 4.49. The van der Waals surface area contributed by atoms with Crippen molar-refractivity contribution in [2.75, 3.05) is 19.9 Å². The van der Waals surface area contributed by atoms with E-state index >= 15 is 0 Å². The third-order valence-electron chi connectivity index (χ3n) is 4.81. The van der Waals surface area contributed by atoms with Crippen molar-refractivity contribution in [2.45, 2.75) is 37.0 Å². The summed E-state index contributed by atoms with van der Waals surface area (Å²) >= 11 is 0. The van der Waals surface area contributed by atoms with Crippen molar-refractivity contribution in [3.8, 4) is 5.75 Å². The van der Waals surface area contributed by atoms with Gasteiger partial charge in [-0.1, -0.05) is 24.3 Å². The van der Waals surface area contributed by atoms with Gasteiger partial charge >= 0.3 is 12.2 Å². The fraction of sp³-hybridized carbons (Fsp3) is 0.381. The zero-order valence-electron chi connectivity index (χ0n) is 17.6. The molecule has 0 bridgehead atoms. The lowest BCUT2D eigenvalue weighted by molar-refractivity contribution is -0.153. The number of ether oxygens (including phenoxy) is 1. The van der Waals surface area contributed by atoms with Crippen molar-refractivity contribution in [3.05, 3.63) is 59.7 Å². The summed E-state index contributed by atoms with van der Waals surface area (Å²) in [7, 11) is -1.68. The van der Waals surface area contributed by atoms with Crippen LogP contribution in [0.15, 0.2) is 53.4 Å². The first kappa shape index (κ1) is 24.5. The SMILES string of the molecule is CC(NC(=O)N(C)C(C)c1ccc(S(C)(=O)=O)cc1)c1ccc(OCC(F)(F)F)cc1. The Morgan fingerprint density at radius 2 is 1.55 bits per heavy atom. The van der Waals surface area contributed by atoms with Gasteiger partial charge in [-0.05, 0) is 49.2 Å². The molecule has 0 heterocycles. The molecule has 170 valence electrons. The van der Waals surface area contributed by atoms with Crippen LogP contribution >= 0.6 is 0 Å². The van der Waals surface area contributed by atoms with E-state index in [-0.39, 0.29) is 22.7 Å². The normalized spacial score (nSPS) is 13.9. The van der Waals surface area contributed by atoms with Gasteiger partial charge < -0.3 is 15.0 Å². The molecule has 0 aromatic heterocycles. The summed E-state index contributed by atoms with van der Waals surface area (Å²) in [5.74, 6) is 0.0860. The number of alkyl halides is 3. The van der Waals surface area contributed by atoms with Gasteiger partial charge in [0.05, 0.1) is 17.0 Å². The number of carbonyl (C=O) groups excluding carboxylic acids is 1. The Morgan fingerprint density at radius 1 is 1.03 bits per heavy atom. The van der Waals surface area contributed by atoms with Crippen LogP contribution in [0.3, 0.4) is 0 Å². The molecule has 6 nitrogen and oxygen atoms in total. The molecule has 0 saturated heterocycles. The second-order valence-corrected chi connectivity index (χ2v) is 9.29. The van der Waals surface area contributed by atoms with Gasteiger partial charge in [0, 0.05) is 13.3 Å². The molecule has 0 aliphatic carbocycles. The molecule has 2 aromatic carbocycles. The van der Waals surface area contributed by atoms with E-state index in [0.717, 1.165) is 11.8 Å². The molecule has 2 amide bonds. The molecule has 0 radical (unpaired) electrons. The molecule has 0 spiro atoms. The molecule has 2 aromatic rings. The zero-order chi connectivity index (χ0) is 23.4. The van der Waals surface area contributed by atoms with Crippen molar-refractivity contribution in [1.82, 2.24) is 10.2 Å². The third-order valence-corrected chi connectivity index (χ3v) is 5.94. The highest BCUT2D eigenvalue weighted by atomic mass is 32.2. The molecule has 10 heteroatoms. The number of urea groups is 1. The lowest BCUT2D eigenvalue weighted by Crippen LogP contribution is -2.39. The average Bonchev–Trinajstić information content (AvgIpc) is 2.70. The maximum atomic E-state index is 12.6. The lowest BCUT2D eigenvalue weighted by Gasteiger charge is -2.27. The topological polar surface area (TPSA) is 75.7 Å². The van der Waals surface area contributed by atoms with Crippen molar-refractivity contribution >= 4 is 15.9 Å². The highest BCUT2D eigenvalue weighted by molar-refractivity contribution is 7.90. The molecule has 2 unspecified atom stereocenters. The molecular weight excluding hydrogens is 433 g/mol.